The van der Waals surface area contributed by atoms with Gasteiger partial charge in [0.05, 0.1) is 17.1 Å². The highest BCUT2D eigenvalue weighted by molar-refractivity contribution is 5.92. The van der Waals surface area contributed by atoms with Gasteiger partial charge in [-0.2, -0.15) is 0 Å². The summed E-state index contributed by atoms with van der Waals surface area (Å²) in [5.74, 6) is 1.34. The molecule has 2 bridgehead atoms. The van der Waals surface area contributed by atoms with Gasteiger partial charge in [-0.25, -0.2) is 0 Å². The van der Waals surface area contributed by atoms with Gasteiger partial charge in [-0.1, -0.05) is 24.3 Å². The zero-order chi connectivity index (χ0) is 26.4. The fourth-order valence-electron chi connectivity index (χ4n) is 8.17. The second-order valence-corrected chi connectivity index (χ2v) is 12.5. The summed E-state index contributed by atoms with van der Waals surface area (Å²) in [5.41, 5.74) is 4.06. The maximum Gasteiger partial charge on any atom is 0.246 e. The SMILES string of the molecule is Cc1ccc(C=CC(=O)N(C)[C@H]2CC[C@@]3(O)[C@H]4Cc5ccc(O)c6c5[C@@]3(CCN4CC3CC3)[C@H]2O6)cc1C. The number of carbonyl (C=O) groups excluding carboxylic acids is 1. The van der Waals surface area contributed by atoms with Crippen LogP contribution in [-0.2, 0) is 16.6 Å². The Bertz CT molecular complexity index is 1350. The second kappa shape index (κ2) is 8.33. The number of carbonyl (C=O) groups is 1. The number of benzene rings is 2. The van der Waals surface area contributed by atoms with Gasteiger partial charge in [0.2, 0.25) is 5.91 Å². The maximum atomic E-state index is 13.5. The summed E-state index contributed by atoms with van der Waals surface area (Å²) >= 11 is 0. The number of phenols is 1. The van der Waals surface area contributed by atoms with E-state index >= 15 is 0 Å². The lowest BCUT2D eigenvalue weighted by atomic mass is 9.48. The first-order valence-electron chi connectivity index (χ1n) is 14.2. The summed E-state index contributed by atoms with van der Waals surface area (Å²) in [5, 5.41) is 23.5. The van der Waals surface area contributed by atoms with Gasteiger partial charge < -0.3 is 19.8 Å². The third-order valence-electron chi connectivity index (χ3n) is 10.5. The number of likely N-dealkylation sites (N-methyl/N-ethyl adjacent to an activating group) is 1. The molecule has 2 aliphatic heterocycles. The van der Waals surface area contributed by atoms with E-state index in [1.54, 1.807) is 17.0 Å². The molecule has 1 saturated heterocycles. The van der Waals surface area contributed by atoms with E-state index in [9.17, 15) is 15.0 Å². The molecule has 0 radical (unpaired) electrons. The summed E-state index contributed by atoms with van der Waals surface area (Å²) in [6, 6.07) is 9.82. The molecule has 0 unspecified atom stereocenters. The van der Waals surface area contributed by atoms with Crippen molar-refractivity contribution in [3.8, 4) is 11.5 Å². The molecule has 1 amide bonds. The Morgan fingerprint density at radius 2 is 1.97 bits per heavy atom. The molecule has 7 rings (SSSR count). The number of aliphatic hydroxyl groups is 1. The van der Waals surface area contributed by atoms with Crippen LogP contribution in [0.5, 0.6) is 11.5 Å². The van der Waals surface area contributed by atoms with E-state index in [-0.39, 0.29) is 23.7 Å². The van der Waals surface area contributed by atoms with E-state index < -0.39 is 17.1 Å². The van der Waals surface area contributed by atoms with Crippen molar-refractivity contribution in [1.29, 1.82) is 0 Å². The number of likely N-dealkylation sites (tertiary alicyclic amines) is 1. The van der Waals surface area contributed by atoms with Crippen molar-refractivity contribution in [1.82, 2.24) is 9.80 Å². The fourth-order valence-corrected chi connectivity index (χ4v) is 8.17. The summed E-state index contributed by atoms with van der Waals surface area (Å²) < 4.78 is 6.63. The number of ether oxygens (including phenoxy) is 1. The molecule has 3 aliphatic carbocycles. The zero-order valence-corrected chi connectivity index (χ0v) is 22.6. The van der Waals surface area contributed by atoms with Crippen molar-refractivity contribution < 1.29 is 19.7 Å². The Labute approximate surface area is 224 Å². The average Bonchev–Trinajstić information content (AvgIpc) is 3.64. The van der Waals surface area contributed by atoms with E-state index in [2.05, 4.69) is 30.9 Å². The van der Waals surface area contributed by atoms with Crippen molar-refractivity contribution in [3.05, 3.63) is 64.2 Å². The minimum absolute atomic E-state index is 0.0394. The van der Waals surface area contributed by atoms with Crippen LogP contribution in [0.2, 0.25) is 0 Å². The molecule has 200 valence electrons. The largest absolute Gasteiger partial charge is 0.504 e. The monoisotopic (exact) mass is 514 g/mol. The van der Waals surface area contributed by atoms with Gasteiger partial charge in [0, 0.05) is 31.3 Å². The number of aromatic hydroxyl groups is 1. The van der Waals surface area contributed by atoms with Crippen molar-refractivity contribution in [2.24, 2.45) is 5.92 Å². The van der Waals surface area contributed by atoms with E-state index in [1.165, 1.54) is 29.5 Å². The zero-order valence-electron chi connectivity index (χ0n) is 22.6. The second-order valence-electron chi connectivity index (χ2n) is 12.5. The third-order valence-corrected chi connectivity index (χ3v) is 10.5. The van der Waals surface area contributed by atoms with Gasteiger partial charge in [-0.05, 0) is 99.2 Å². The number of hydrogen-bond donors (Lipinski definition) is 2. The highest BCUT2D eigenvalue weighted by Crippen LogP contribution is 2.66. The topological polar surface area (TPSA) is 73.2 Å². The number of amides is 1. The minimum Gasteiger partial charge on any atom is -0.504 e. The molecule has 1 spiro atoms. The number of phenolic OH excluding ortho intramolecular Hbond substituents is 1. The van der Waals surface area contributed by atoms with Gasteiger partial charge >= 0.3 is 0 Å². The van der Waals surface area contributed by atoms with Crippen molar-refractivity contribution >= 4 is 12.0 Å². The summed E-state index contributed by atoms with van der Waals surface area (Å²) in [6.45, 7) is 6.13. The molecule has 0 aromatic heterocycles. The Hall–Kier alpha value is -2.83. The first-order chi connectivity index (χ1) is 18.2. The molecular weight excluding hydrogens is 476 g/mol. The molecule has 2 heterocycles. The average molecular weight is 515 g/mol. The smallest absolute Gasteiger partial charge is 0.246 e. The van der Waals surface area contributed by atoms with Crippen LogP contribution in [0.15, 0.2) is 36.4 Å². The molecule has 2 aromatic rings. The summed E-state index contributed by atoms with van der Waals surface area (Å²) in [4.78, 5) is 17.8. The van der Waals surface area contributed by atoms with Gasteiger partial charge in [-0.3, -0.25) is 9.69 Å². The van der Waals surface area contributed by atoms with Gasteiger partial charge in [0.25, 0.3) is 0 Å². The molecule has 6 heteroatoms. The fraction of sp³-hybridized carbons (Fsp3) is 0.531. The van der Waals surface area contributed by atoms with Crippen molar-refractivity contribution in [2.45, 2.75) is 81.6 Å². The molecule has 5 aliphatic rings. The van der Waals surface area contributed by atoms with Gasteiger partial charge in [0.15, 0.2) is 11.5 Å². The normalized spacial score (nSPS) is 33.2. The minimum atomic E-state index is -0.938. The number of aryl methyl sites for hydroxylation is 2. The Morgan fingerprint density at radius 3 is 2.74 bits per heavy atom. The molecule has 2 aromatic carbocycles. The van der Waals surface area contributed by atoms with Crippen molar-refractivity contribution in [2.75, 3.05) is 20.1 Å². The first-order valence-corrected chi connectivity index (χ1v) is 14.2. The van der Waals surface area contributed by atoms with E-state index in [4.69, 9.17) is 4.74 Å². The number of hydrogen-bond acceptors (Lipinski definition) is 5. The van der Waals surface area contributed by atoms with Crippen LogP contribution in [-0.4, -0.2) is 69.8 Å². The Kier molecular flexibility index (Phi) is 5.31. The summed E-state index contributed by atoms with van der Waals surface area (Å²) in [7, 11) is 1.86. The Morgan fingerprint density at radius 1 is 1.16 bits per heavy atom. The predicted molar refractivity (Wildman–Crippen MR) is 146 cm³/mol. The maximum absolute atomic E-state index is 13.5. The lowest BCUT2D eigenvalue weighted by molar-refractivity contribution is -0.200. The lowest BCUT2D eigenvalue weighted by Gasteiger charge is -2.64. The quantitative estimate of drug-likeness (QED) is 0.588. The van der Waals surface area contributed by atoms with Gasteiger partial charge in [-0.15, -0.1) is 0 Å². The molecule has 6 nitrogen and oxygen atoms in total. The molecule has 5 atom stereocenters. The van der Waals surface area contributed by atoms with Crippen molar-refractivity contribution in [3.63, 3.8) is 0 Å². The molecule has 38 heavy (non-hydrogen) atoms. The van der Waals surface area contributed by atoms with E-state index in [1.807, 2.05) is 25.3 Å². The van der Waals surface area contributed by atoms with Crippen LogP contribution in [0, 0.1) is 19.8 Å². The highest BCUT2D eigenvalue weighted by atomic mass is 16.5. The van der Waals surface area contributed by atoms with Gasteiger partial charge in [0.1, 0.15) is 6.10 Å². The Balaban J connectivity index is 1.23. The number of piperidine rings is 1. The molecule has 2 N–H and O–H groups in total. The first kappa shape index (κ1) is 24.2. The molecular formula is C32H38N2O4. The number of nitrogens with zero attached hydrogens (tertiary/aromatic N) is 2. The molecule has 3 fully saturated rings. The highest BCUT2D eigenvalue weighted by Gasteiger charge is 2.73. The van der Waals surface area contributed by atoms with Crippen LogP contribution >= 0.6 is 0 Å². The van der Waals surface area contributed by atoms with Crippen LogP contribution in [0.4, 0.5) is 0 Å². The predicted octanol–water partition coefficient (Wildman–Crippen LogP) is 4.11. The van der Waals surface area contributed by atoms with Crippen LogP contribution in [0.25, 0.3) is 6.08 Å². The standard InChI is InChI=1S/C32H38N2O4/c1-19-4-5-21(16-20(19)2)8-11-27(36)33(3)24-12-13-32(37)26-17-23-9-10-25(35)29-28(23)31(32,30(24)38-29)14-15-34(26)18-22-6-7-22/h4-5,8-11,16,22,24,26,30,35,37H,6-7,12-15,17-18H2,1-3H3/t24-,26+,30-,31-,32+/m0/s1. The van der Waals surface area contributed by atoms with Crippen LogP contribution in [0.1, 0.15) is 59.9 Å². The van der Waals surface area contributed by atoms with Crippen LogP contribution < -0.4 is 4.74 Å². The van der Waals surface area contributed by atoms with E-state index in [0.29, 0.717) is 18.6 Å². The third kappa shape index (κ3) is 3.29. The lowest BCUT2D eigenvalue weighted by Crippen LogP contribution is -2.78. The van der Waals surface area contributed by atoms with E-state index in [0.717, 1.165) is 43.0 Å². The molecule has 2 saturated carbocycles. The van der Waals surface area contributed by atoms with Crippen LogP contribution in [0.3, 0.4) is 0 Å². The number of rotatable bonds is 5. The summed E-state index contributed by atoms with van der Waals surface area (Å²) in [6.07, 6.45) is 8.56.